The predicted octanol–water partition coefficient (Wildman–Crippen LogP) is 3.71. The molecule has 0 N–H and O–H groups in total. The normalized spacial score (nSPS) is 34.9. The van der Waals surface area contributed by atoms with Crippen LogP contribution in [-0.2, 0) is 9.53 Å². The zero-order chi connectivity index (χ0) is 12.3. The summed E-state index contributed by atoms with van der Waals surface area (Å²) in [6, 6.07) is 0. The van der Waals surface area contributed by atoms with Crippen molar-refractivity contribution in [1.82, 2.24) is 0 Å². The van der Waals surface area contributed by atoms with Gasteiger partial charge in [-0.2, -0.15) is 0 Å². The van der Waals surface area contributed by atoms with Crippen molar-refractivity contribution in [2.45, 2.75) is 59.0 Å². The van der Waals surface area contributed by atoms with Gasteiger partial charge in [-0.15, -0.1) is 0 Å². The highest BCUT2D eigenvalue weighted by atomic mass is 16.6. The second-order valence-electron chi connectivity index (χ2n) is 5.18. The quantitative estimate of drug-likeness (QED) is 0.539. The Morgan fingerprint density at radius 1 is 1.50 bits per heavy atom. The Morgan fingerprint density at radius 3 is 2.62 bits per heavy atom. The molecule has 3 atom stereocenters. The molecule has 0 aromatic rings. The Labute approximate surface area is 99.1 Å². The van der Waals surface area contributed by atoms with Gasteiger partial charge >= 0.3 is 5.97 Å². The van der Waals surface area contributed by atoms with Gasteiger partial charge in [0.05, 0.1) is 0 Å². The van der Waals surface area contributed by atoms with Gasteiger partial charge in [-0.25, -0.2) is 0 Å². The van der Waals surface area contributed by atoms with Crippen LogP contribution in [0.5, 0.6) is 0 Å². The van der Waals surface area contributed by atoms with E-state index in [1.54, 1.807) is 0 Å². The van der Waals surface area contributed by atoms with Gasteiger partial charge < -0.3 is 4.74 Å². The molecule has 16 heavy (non-hydrogen) atoms. The van der Waals surface area contributed by atoms with E-state index in [1.165, 1.54) is 5.57 Å². The monoisotopic (exact) mass is 224 g/mol. The number of rotatable bonds is 3. The van der Waals surface area contributed by atoms with Crippen molar-refractivity contribution in [3.63, 3.8) is 0 Å². The molecule has 2 heteroatoms. The minimum Gasteiger partial charge on any atom is -0.459 e. The number of carbonyl (C=O) groups is 1. The van der Waals surface area contributed by atoms with E-state index in [4.69, 9.17) is 4.74 Å². The van der Waals surface area contributed by atoms with Crippen LogP contribution in [0.25, 0.3) is 0 Å². The molecule has 0 amide bonds. The first kappa shape index (κ1) is 13.3. The van der Waals surface area contributed by atoms with Gasteiger partial charge in [-0.1, -0.05) is 32.9 Å². The summed E-state index contributed by atoms with van der Waals surface area (Å²) in [6.45, 7) is 12.3. The van der Waals surface area contributed by atoms with Crippen LogP contribution >= 0.6 is 0 Å². The van der Waals surface area contributed by atoms with Gasteiger partial charge in [0.25, 0.3) is 0 Å². The highest BCUT2D eigenvalue weighted by Crippen LogP contribution is 2.44. The molecule has 1 aliphatic rings. The number of hydrogen-bond donors (Lipinski definition) is 0. The number of allylic oxidation sites excluding steroid dienone is 1. The van der Waals surface area contributed by atoms with E-state index in [1.807, 2.05) is 6.92 Å². The first-order chi connectivity index (χ1) is 7.43. The predicted molar refractivity (Wildman–Crippen MR) is 66.1 cm³/mol. The Bertz CT molecular complexity index is 282. The van der Waals surface area contributed by atoms with Crippen LogP contribution in [0.4, 0.5) is 0 Å². The Hall–Kier alpha value is -0.790. The summed E-state index contributed by atoms with van der Waals surface area (Å²) in [4.78, 5) is 11.5. The van der Waals surface area contributed by atoms with E-state index in [2.05, 4.69) is 27.4 Å². The number of esters is 1. The average molecular weight is 224 g/mol. The molecule has 0 aromatic heterocycles. The molecule has 0 aromatic carbocycles. The minimum atomic E-state index is -0.303. The molecule has 1 rings (SSSR count). The topological polar surface area (TPSA) is 26.3 Å². The molecular weight excluding hydrogens is 200 g/mol. The van der Waals surface area contributed by atoms with E-state index in [-0.39, 0.29) is 11.6 Å². The van der Waals surface area contributed by atoms with Crippen molar-refractivity contribution in [3.05, 3.63) is 12.2 Å². The molecule has 0 aliphatic heterocycles. The van der Waals surface area contributed by atoms with Crippen LogP contribution in [0.1, 0.15) is 53.4 Å². The van der Waals surface area contributed by atoms with Crippen molar-refractivity contribution in [1.29, 1.82) is 0 Å². The lowest BCUT2D eigenvalue weighted by molar-refractivity contribution is -0.173. The fraction of sp³-hybridized carbons (Fsp3) is 0.786. The molecule has 0 heterocycles. The molecule has 0 bridgehead atoms. The summed E-state index contributed by atoms with van der Waals surface area (Å²) < 4.78 is 5.71. The van der Waals surface area contributed by atoms with E-state index < -0.39 is 0 Å². The lowest BCUT2D eigenvalue weighted by Gasteiger charge is -2.46. The first-order valence-corrected chi connectivity index (χ1v) is 6.32. The minimum absolute atomic E-state index is 0.0830. The van der Waals surface area contributed by atoms with Gasteiger partial charge in [0.1, 0.15) is 5.60 Å². The summed E-state index contributed by atoms with van der Waals surface area (Å²) >= 11 is 0. The summed E-state index contributed by atoms with van der Waals surface area (Å²) in [7, 11) is 0. The second kappa shape index (κ2) is 5.03. The van der Waals surface area contributed by atoms with Crippen molar-refractivity contribution in [2.24, 2.45) is 11.8 Å². The Balaban J connectivity index is 2.87. The smallest absolute Gasteiger partial charge is 0.306 e. The van der Waals surface area contributed by atoms with Crippen LogP contribution in [0.2, 0.25) is 0 Å². The van der Waals surface area contributed by atoms with Gasteiger partial charge in [0, 0.05) is 12.3 Å². The number of ether oxygens (including phenoxy) is 1. The summed E-state index contributed by atoms with van der Waals surface area (Å²) in [5.74, 6) is 0.703. The van der Waals surface area contributed by atoms with Crippen LogP contribution in [0.3, 0.4) is 0 Å². The molecule has 3 unspecified atom stereocenters. The fourth-order valence-corrected chi connectivity index (χ4v) is 2.72. The first-order valence-electron chi connectivity index (χ1n) is 6.32. The van der Waals surface area contributed by atoms with E-state index in [0.717, 1.165) is 19.3 Å². The highest BCUT2D eigenvalue weighted by molar-refractivity contribution is 5.69. The summed E-state index contributed by atoms with van der Waals surface area (Å²) in [5.41, 5.74) is 0.993. The molecule has 0 saturated heterocycles. The standard InChI is InChI=1S/C14H24O2/c1-6-12-9-10(3)8-11(4)14(12,5)16-13(15)7-2/h11-12H,3,6-9H2,1-2,4-5H3. The van der Waals surface area contributed by atoms with E-state index in [9.17, 15) is 4.79 Å². The lowest BCUT2D eigenvalue weighted by Crippen LogP contribution is -2.48. The summed E-state index contributed by atoms with van der Waals surface area (Å²) in [5, 5.41) is 0. The highest BCUT2D eigenvalue weighted by Gasteiger charge is 2.44. The maximum Gasteiger partial charge on any atom is 0.306 e. The maximum absolute atomic E-state index is 11.5. The summed E-state index contributed by atoms with van der Waals surface area (Å²) in [6.07, 6.45) is 3.47. The van der Waals surface area contributed by atoms with Crippen molar-refractivity contribution >= 4 is 5.97 Å². The van der Waals surface area contributed by atoms with Gasteiger partial charge in [-0.05, 0) is 32.1 Å². The Morgan fingerprint density at radius 2 is 2.12 bits per heavy atom. The number of carbonyl (C=O) groups excluding carboxylic acids is 1. The van der Waals surface area contributed by atoms with E-state index >= 15 is 0 Å². The van der Waals surface area contributed by atoms with Crippen LogP contribution < -0.4 is 0 Å². The molecule has 92 valence electrons. The van der Waals surface area contributed by atoms with Gasteiger partial charge in [0.2, 0.25) is 0 Å². The SMILES string of the molecule is C=C1CC(C)C(C)(OC(=O)CC)C(CC)C1. The molecule has 1 saturated carbocycles. The van der Waals surface area contributed by atoms with E-state index in [0.29, 0.717) is 18.3 Å². The van der Waals surface area contributed by atoms with Crippen molar-refractivity contribution in [3.8, 4) is 0 Å². The number of hydrogen-bond acceptors (Lipinski definition) is 2. The van der Waals surface area contributed by atoms with Crippen LogP contribution in [0.15, 0.2) is 12.2 Å². The van der Waals surface area contributed by atoms with Gasteiger partial charge in [0.15, 0.2) is 0 Å². The fourth-order valence-electron chi connectivity index (χ4n) is 2.72. The maximum atomic E-state index is 11.5. The third-order valence-electron chi connectivity index (χ3n) is 4.03. The second-order valence-corrected chi connectivity index (χ2v) is 5.18. The average Bonchev–Trinajstić information content (AvgIpc) is 2.23. The molecule has 1 fully saturated rings. The van der Waals surface area contributed by atoms with Crippen LogP contribution in [0, 0.1) is 11.8 Å². The van der Waals surface area contributed by atoms with Crippen molar-refractivity contribution < 1.29 is 9.53 Å². The molecule has 1 aliphatic carbocycles. The Kier molecular flexibility index (Phi) is 4.17. The third kappa shape index (κ3) is 2.47. The molecule has 2 nitrogen and oxygen atoms in total. The van der Waals surface area contributed by atoms with Gasteiger partial charge in [-0.3, -0.25) is 4.79 Å². The zero-order valence-electron chi connectivity index (χ0n) is 11.0. The largest absolute Gasteiger partial charge is 0.459 e. The van der Waals surface area contributed by atoms with Crippen LogP contribution in [-0.4, -0.2) is 11.6 Å². The molecule has 0 radical (unpaired) electrons. The third-order valence-corrected chi connectivity index (χ3v) is 4.03. The lowest BCUT2D eigenvalue weighted by atomic mass is 9.67. The van der Waals surface area contributed by atoms with Crippen molar-refractivity contribution in [2.75, 3.05) is 0 Å². The molecule has 0 spiro atoms. The molecular formula is C14H24O2. The zero-order valence-corrected chi connectivity index (χ0v) is 11.0.